The van der Waals surface area contributed by atoms with Crippen LogP contribution in [0.15, 0.2) is 54.7 Å². The van der Waals surface area contributed by atoms with Gasteiger partial charge in [0.25, 0.3) is 0 Å². The summed E-state index contributed by atoms with van der Waals surface area (Å²) >= 11 is 0. The van der Waals surface area contributed by atoms with E-state index in [1.54, 1.807) is 18.2 Å². The fourth-order valence-electron chi connectivity index (χ4n) is 2.67. The fraction of sp³-hybridized carbons (Fsp3) is 0.167. The Morgan fingerprint density at radius 3 is 2.72 bits per heavy atom. The topological polar surface area (TPSA) is 91.1 Å². The molecule has 0 saturated carbocycles. The molecule has 0 bridgehead atoms. The lowest BCUT2D eigenvalue weighted by Gasteiger charge is -2.08. The van der Waals surface area contributed by atoms with Crippen molar-refractivity contribution in [2.24, 2.45) is 0 Å². The van der Waals surface area contributed by atoms with Crippen LogP contribution < -0.4 is 10.0 Å². The molecule has 3 rings (SSSR count). The SMILES string of the molecule is CS(=O)(=O)Nc1cccc(CNC(=O)Cc2c[nH]c3ccccc23)c1. The highest BCUT2D eigenvalue weighted by molar-refractivity contribution is 7.92. The third kappa shape index (κ3) is 4.60. The number of anilines is 1. The molecule has 0 fully saturated rings. The number of hydrogen-bond donors (Lipinski definition) is 3. The molecule has 0 saturated heterocycles. The van der Waals surface area contributed by atoms with E-state index in [1.807, 2.05) is 36.5 Å². The van der Waals surface area contributed by atoms with Crippen molar-refractivity contribution in [1.29, 1.82) is 0 Å². The standard InChI is InChI=1S/C18H19N3O3S/c1-25(23,24)21-15-6-4-5-13(9-15)11-20-18(22)10-14-12-19-17-8-3-2-7-16(14)17/h2-9,12,19,21H,10-11H2,1H3,(H,20,22). The second kappa shape index (κ2) is 6.98. The van der Waals surface area contributed by atoms with Crippen molar-refractivity contribution in [2.45, 2.75) is 13.0 Å². The van der Waals surface area contributed by atoms with Gasteiger partial charge in [0.1, 0.15) is 0 Å². The van der Waals surface area contributed by atoms with Crippen molar-refractivity contribution in [3.63, 3.8) is 0 Å². The summed E-state index contributed by atoms with van der Waals surface area (Å²) in [6, 6.07) is 14.8. The van der Waals surface area contributed by atoms with Crippen LogP contribution in [0, 0.1) is 0 Å². The number of hydrogen-bond acceptors (Lipinski definition) is 3. The van der Waals surface area contributed by atoms with Gasteiger partial charge in [-0.05, 0) is 29.3 Å². The zero-order valence-electron chi connectivity index (χ0n) is 13.7. The quantitative estimate of drug-likeness (QED) is 0.633. The molecule has 25 heavy (non-hydrogen) atoms. The Balaban J connectivity index is 1.62. The minimum Gasteiger partial charge on any atom is -0.361 e. The van der Waals surface area contributed by atoms with Crippen LogP contribution >= 0.6 is 0 Å². The number of fused-ring (bicyclic) bond motifs is 1. The first kappa shape index (κ1) is 17.0. The fourth-order valence-corrected chi connectivity index (χ4v) is 3.23. The number of carbonyl (C=O) groups is 1. The van der Waals surface area contributed by atoms with Crippen molar-refractivity contribution in [1.82, 2.24) is 10.3 Å². The minimum atomic E-state index is -3.32. The summed E-state index contributed by atoms with van der Waals surface area (Å²) in [6.07, 6.45) is 3.23. The van der Waals surface area contributed by atoms with Gasteiger partial charge in [0.05, 0.1) is 12.7 Å². The van der Waals surface area contributed by atoms with Gasteiger partial charge in [-0.15, -0.1) is 0 Å². The van der Waals surface area contributed by atoms with Gasteiger partial charge in [-0.25, -0.2) is 8.42 Å². The molecule has 2 aromatic carbocycles. The number of aromatic amines is 1. The van der Waals surface area contributed by atoms with E-state index >= 15 is 0 Å². The summed E-state index contributed by atoms with van der Waals surface area (Å²) in [5.74, 6) is -0.0915. The molecule has 0 radical (unpaired) electrons. The Morgan fingerprint density at radius 1 is 1.12 bits per heavy atom. The highest BCUT2D eigenvalue weighted by Gasteiger charge is 2.09. The second-order valence-corrected chi connectivity index (χ2v) is 7.64. The number of carbonyl (C=O) groups excluding carboxylic acids is 1. The van der Waals surface area contributed by atoms with Crippen LogP contribution in [-0.2, 0) is 27.8 Å². The Labute approximate surface area is 146 Å². The predicted octanol–water partition coefficient (Wildman–Crippen LogP) is 2.40. The first-order valence-electron chi connectivity index (χ1n) is 7.79. The number of benzene rings is 2. The molecule has 3 aromatic rings. The number of aromatic nitrogens is 1. The van der Waals surface area contributed by atoms with Crippen LogP contribution in [-0.4, -0.2) is 25.6 Å². The van der Waals surface area contributed by atoms with Crippen LogP contribution in [0.2, 0.25) is 0 Å². The lowest BCUT2D eigenvalue weighted by Crippen LogP contribution is -2.24. The van der Waals surface area contributed by atoms with Gasteiger partial charge in [0.2, 0.25) is 15.9 Å². The van der Waals surface area contributed by atoms with Crippen molar-refractivity contribution < 1.29 is 13.2 Å². The largest absolute Gasteiger partial charge is 0.361 e. The molecular formula is C18H19N3O3S. The zero-order chi connectivity index (χ0) is 17.9. The van der Waals surface area contributed by atoms with Gasteiger partial charge >= 0.3 is 0 Å². The minimum absolute atomic E-state index is 0.0915. The molecule has 0 atom stereocenters. The van der Waals surface area contributed by atoms with Gasteiger partial charge in [-0.2, -0.15) is 0 Å². The van der Waals surface area contributed by atoms with Gasteiger partial charge < -0.3 is 10.3 Å². The third-order valence-electron chi connectivity index (χ3n) is 3.75. The van der Waals surface area contributed by atoms with E-state index in [-0.39, 0.29) is 12.3 Å². The summed E-state index contributed by atoms with van der Waals surface area (Å²) < 4.78 is 25.0. The Bertz CT molecular complexity index is 1010. The van der Waals surface area contributed by atoms with E-state index in [0.29, 0.717) is 12.2 Å². The monoisotopic (exact) mass is 357 g/mol. The maximum absolute atomic E-state index is 12.2. The van der Waals surface area contributed by atoms with Crippen LogP contribution in [0.25, 0.3) is 10.9 Å². The third-order valence-corrected chi connectivity index (χ3v) is 4.35. The molecule has 0 aliphatic carbocycles. The molecule has 1 amide bonds. The molecule has 0 aliphatic heterocycles. The molecular weight excluding hydrogens is 338 g/mol. The number of H-pyrrole nitrogens is 1. The smallest absolute Gasteiger partial charge is 0.229 e. The van der Waals surface area contributed by atoms with Crippen LogP contribution in [0.4, 0.5) is 5.69 Å². The molecule has 0 aliphatic rings. The van der Waals surface area contributed by atoms with E-state index in [1.165, 1.54) is 0 Å². The van der Waals surface area contributed by atoms with E-state index in [9.17, 15) is 13.2 Å². The van der Waals surface area contributed by atoms with E-state index < -0.39 is 10.0 Å². The van der Waals surface area contributed by atoms with Crippen molar-refractivity contribution in [3.05, 3.63) is 65.9 Å². The number of sulfonamides is 1. The Kier molecular flexibility index (Phi) is 4.76. The molecule has 7 heteroatoms. The molecule has 130 valence electrons. The summed E-state index contributed by atoms with van der Waals surface area (Å²) in [7, 11) is -3.32. The van der Waals surface area contributed by atoms with Gasteiger partial charge in [-0.3, -0.25) is 9.52 Å². The number of amides is 1. The summed E-state index contributed by atoms with van der Waals surface area (Å²) in [6.45, 7) is 0.334. The van der Waals surface area contributed by atoms with Gasteiger partial charge in [0, 0.05) is 29.3 Å². The van der Waals surface area contributed by atoms with Gasteiger partial charge in [-0.1, -0.05) is 30.3 Å². The van der Waals surface area contributed by atoms with Crippen molar-refractivity contribution >= 4 is 32.5 Å². The van der Waals surface area contributed by atoms with Crippen LogP contribution in [0.1, 0.15) is 11.1 Å². The molecule has 1 aromatic heterocycles. The highest BCUT2D eigenvalue weighted by atomic mass is 32.2. The normalized spacial score (nSPS) is 11.4. The Morgan fingerprint density at radius 2 is 1.92 bits per heavy atom. The summed E-state index contributed by atoms with van der Waals surface area (Å²) in [4.78, 5) is 15.4. The lowest BCUT2D eigenvalue weighted by molar-refractivity contribution is -0.120. The maximum atomic E-state index is 12.2. The van der Waals surface area contributed by atoms with E-state index in [2.05, 4.69) is 15.0 Å². The van der Waals surface area contributed by atoms with Gasteiger partial charge in [0.15, 0.2) is 0 Å². The van der Waals surface area contributed by atoms with Crippen LogP contribution in [0.3, 0.4) is 0 Å². The zero-order valence-corrected chi connectivity index (χ0v) is 14.6. The highest BCUT2D eigenvalue weighted by Crippen LogP contribution is 2.18. The van der Waals surface area contributed by atoms with E-state index in [4.69, 9.17) is 0 Å². The van der Waals surface area contributed by atoms with Crippen molar-refractivity contribution in [2.75, 3.05) is 11.0 Å². The molecule has 0 spiro atoms. The van der Waals surface area contributed by atoms with Crippen molar-refractivity contribution in [3.8, 4) is 0 Å². The molecule has 6 nitrogen and oxygen atoms in total. The molecule has 3 N–H and O–H groups in total. The summed E-state index contributed by atoms with van der Waals surface area (Å²) in [5, 5.41) is 3.90. The first-order chi connectivity index (χ1) is 11.9. The number of rotatable bonds is 6. The average molecular weight is 357 g/mol. The second-order valence-electron chi connectivity index (χ2n) is 5.89. The maximum Gasteiger partial charge on any atom is 0.229 e. The number of para-hydroxylation sites is 1. The van der Waals surface area contributed by atoms with E-state index in [0.717, 1.165) is 28.3 Å². The lowest BCUT2D eigenvalue weighted by atomic mass is 10.1. The first-order valence-corrected chi connectivity index (χ1v) is 9.68. The van der Waals surface area contributed by atoms with Crippen LogP contribution in [0.5, 0.6) is 0 Å². The molecule has 0 unspecified atom stereocenters. The Hall–Kier alpha value is -2.80. The average Bonchev–Trinajstić information content (AvgIpc) is 2.95. The predicted molar refractivity (Wildman–Crippen MR) is 98.8 cm³/mol. The number of nitrogens with one attached hydrogen (secondary N) is 3. The summed E-state index contributed by atoms with van der Waals surface area (Å²) in [5.41, 5.74) is 3.25. The molecule has 1 heterocycles.